The summed E-state index contributed by atoms with van der Waals surface area (Å²) in [5, 5.41) is 18.9. The molecular formula is C18H13ClN6O4S3. The predicted molar refractivity (Wildman–Crippen MR) is 122 cm³/mol. The van der Waals surface area contributed by atoms with Crippen LogP contribution >= 0.6 is 34.3 Å². The highest BCUT2D eigenvalue weighted by atomic mass is 35.5. The van der Waals surface area contributed by atoms with E-state index in [1.54, 1.807) is 43.5 Å². The molecule has 0 saturated heterocycles. The van der Waals surface area contributed by atoms with Crippen LogP contribution in [0.4, 0.5) is 10.3 Å². The minimum Gasteiger partial charge on any atom is -0.497 e. The van der Waals surface area contributed by atoms with Crippen molar-refractivity contribution in [3.05, 3.63) is 59.1 Å². The van der Waals surface area contributed by atoms with Crippen molar-refractivity contribution in [1.29, 1.82) is 0 Å². The predicted octanol–water partition coefficient (Wildman–Crippen LogP) is 3.77. The standard InChI is InChI=1S/C18H13ClN6O4S3/c1-29-13-8-4-11(5-9-13)15-21-23-17(30-15)25-32(27,28)18-24-22-16(31-18)20-14(26)10-2-6-12(19)7-3-10/h2-9H,1H3,(H,23,25)(H,20,22,26). The van der Waals surface area contributed by atoms with Crippen molar-refractivity contribution in [3.8, 4) is 16.3 Å². The monoisotopic (exact) mass is 508 g/mol. The van der Waals surface area contributed by atoms with E-state index in [0.29, 0.717) is 32.7 Å². The van der Waals surface area contributed by atoms with Crippen molar-refractivity contribution >= 4 is 60.5 Å². The Morgan fingerprint density at radius 2 is 1.62 bits per heavy atom. The fourth-order valence-electron chi connectivity index (χ4n) is 2.41. The van der Waals surface area contributed by atoms with E-state index in [-0.39, 0.29) is 14.6 Å². The first-order chi connectivity index (χ1) is 15.3. The molecule has 10 nitrogen and oxygen atoms in total. The number of anilines is 2. The maximum Gasteiger partial charge on any atom is 0.293 e. The zero-order valence-corrected chi connectivity index (χ0v) is 19.3. The topological polar surface area (TPSA) is 136 Å². The van der Waals surface area contributed by atoms with Crippen LogP contribution in [0.3, 0.4) is 0 Å². The molecule has 2 aromatic carbocycles. The molecule has 0 bridgehead atoms. The average Bonchev–Trinajstić information content (AvgIpc) is 3.44. The SMILES string of the molecule is COc1ccc(-c2nnc(NS(=O)(=O)c3nnc(NC(=O)c4ccc(Cl)cc4)s3)s2)cc1. The molecule has 4 rings (SSSR count). The number of sulfonamides is 1. The van der Waals surface area contributed by atoms with Crippen LogP contribution in [0.5, 0.6) is 5.75 Å². The summed E-state index contributed by atoms with van der Waals surface area (Å²) in [6, 6.07) is 13.3. The normalized spacial score (nSPS) is 11.2. The van der Waals surface area contributed by atoms with E-state index >= 15 is 0 Å². The van der Waals surface area contributed by atoms with Gasteiger partial charge in [-0.15, -0.1) is 20.4 Å². The van der Waals surface area contributed by atoms with Crippen LogP contribution in [-0.2, 0) is 10.0 Å². The minimum atomic E-state index is -4.06. The highest BCUT2D eigenvalue weighted by molar-refractivity contribution is 7.94. The molecule has 0 saturated carbocycles. The summed E-state index contributed by atoms with van der Waals surface area (Å²) in [4.78, 5) is 12.2. The first-order valence-electron chi connectivity index (χ1n) is 8.75. The summed E-state index contributed by atoms with van der Waals surface area (Å²) in [6.45, 7) is 0. The Hall–Kier alpha value is -3.13. The molecule has 164 valence electrons. The Bertz CT molecular complexity index is 1350. The summed E-state index contributed by atoms with van der Waals surface area (Å²) < 4.78 is 32.4. The lowest BCUT2D eigenvalue weighted by Gasteiger charge is -2.01. The van der Waals surface area contributed by atoms with Gasteiger partial charge in [-0.3, -0.25) is 14.8 Å². The van der Waals surface area contributed by atoms with E-state index in [9.17, 15) is 13.2 Å². The zero-order chi connectivity index (χ0) is 22.7. The molecule has 0 fully saturated rings. The molecule has 2 aromatic heterocycles. The number of hydrogen-bond acceptors (Lipinski definition) is 10. The Balaban J connectivity index is 1.45. The van der Waals surface area contributed by atoms with Gasteiger partial charge in [0.2, 0.25) is 10.3 Å². The van der Waals surface area contributed by atoms with Crippen LogP contribution in [0.25, 0.3) is 10.6 Å². The number of nitrogens with zero attached hydrogens (tertiary/aromatic N) is 4. The third-order valence-corrected chi connectivity index (χ3v) is 7.76. The zero-order valence-electron chi connectivity index (χ0n) is 16.1. The summed E-state index contributed by atoms with van der Waals surface area (Å²) in [6.07, 6.45) is 0. The van der Waals surface area contributed by atoms with Gasteiger partial charge in [0.15, 0.2) is 0 Å². The third kappa shape index (κ3) is 5.02. The molecule has 4 aromatic rings. The minimum absolute atomic E-state index is 0.0292. The second-order valence-electron chi connectivity index (χ2n) is 6.08. The highest BCUT2D eigenvalue weighted by Crippen LogP contribution is 2.30. The van der Waals surface area contributed by atoms with Gasteiger partial charge in [-0.2, -0.15) is 8.42 Å². The fraction of sp³-hybridized carbons (Fsp3) is 0.0556. The summed E-state index contributed by atoms with van der Waals surface area (Å²) >= 11 is 7.57. The van der Waals surface area contributed by atoms with E-state index in [4.69, 9.17) is 16.3 Å². The molecule has 2 N–H and O–H groups in total. The van der Waals surface area contributed by atoms with E-state index in [1.807, 2.05) is 0 Å². The molecule has 0 spiro atoms. The molecule has 1 amide bonds. The number of methoxy groups -OCH3 is 1. The third-order valence-electron chi connectivity index (χ3n) is 3.95. The lowest BCUT2D eigenvalue weighted by Crippen LogP contribution is -2.12. The van der Waals surface area contributed by atoms with E-state index < -0.39 is 15.9 Å². The average molecular weight is 509 g/mol. The van der Waals surface area contributed by atoms with Crippen LogP contribution in [0.2, 0.25) is 5.02 Å². The van der Waals surface area contributed by atoms with Gasteiger partial charge in [-0.25, -0.2) is 0 Å². The molecule has 0 radical (unpaired) electrons. The van der Waals surface area contributed by atoms with E-state index in [0.717, 1.165) is 16.9 Å². The van der Waals surface area contributed by atoms with Crippen molar-refractivity contribution < 1.29 is 17.9 Å². The van der Waals surface area contributed by atoms with Gasteiger partial charge in [0.05, 0.1) is 7.11 Å². The molecular weight excluding hydrogens is 496 g/mol. The van der Waals surface area contributed by atoms with Gasteiger partial charge in [0.1, 0.15) is 10.8 Å². The van der Waals surface area contributed by atoms with Crippen LogP contribution in [-0.4, -0.2) is 41.8 Å². The lowest BCUT2D eigenvalue weighted by atomic mass is 10.2. The first-order valence-corrected chi connectivity index (χ1v) is 12.2. The summed E-state index contributed by atoms with van der Waals surface area (Å²) in [5.41, 5.74) is 1.10. The van der Waals surface area contributed by atoms with Crippen molar-refractivity contribution in [1.82, 2.24) is 20.4 Å². The number of carbonyl (C=O) groups excluding carboxylic acids is 1. The lowest BCUT2D eigenvalue weighted by molar-refractivity contribution is 0.102. The number of ether oxygens (including phenoxy) is 1. The number of carbonyl (C=O) groups is 1. The van der Waals surface area contributed by atoms with Crippen molar-refractivity contribution in [2.24, 2.45) is 0 Å². The van der Waals surface area contributed by atoms with Crippen LogP contribution in [0.15, 0.2) is 52.9 Å². The molecule has 14 heteroatoms. The Kier molecular flexibility index (Phi) is 6.32. The second kappa shape index (κ2) is 9.16. The number of halogens is 1. The molecule has 0 atom stereocenters. The highest BCUT2D eigenvalue weighted by Gasteiger charge is 2.23. The molecule has 32 heavy (non-hydrogen) atoms. The summed E-state index contributed by atoms with van der Waals surface area (Å²) in [5.74, 6) is 0.220. The van der Waals surface area contributed by atoms with Crippen molar-refractivity contribution in [3.63, 3.8) is 0 Å². The number of amides is 1. The fourth-order valence-corrected chi connectivity index (χ4v) is 5.41. The van der Waals surface area contributed by atoms with Crippen LogP contribution in [0, 0.1) is 0 Å². The Labute approximate surface area is 195 Å². The number of hydrogen-bond donors (Lipinski definition) is 2. The molecule has 0 aliphatic heterocycles. The number of benzene rings is 2. The molecule has 0 unspecified atom stereocenters. The Morgan fingerprint density at radius 1 is 0.938 bits per heavy atom. The smallest absolute Gasteiger partial charge is 0.293 e. The number of rotatable bonds is 7. The van der Waals surface area contributed by atoms with Gasteiger partial charge in [-0.1, -0.05) is 34.3 Å². The number of aromatic nitrogens is 4. The van der Waals surface area contributed by atoms with Gasteiger partial charge in [-0.05, 0) is 48.5 Å². The number of nitrogens with one attached hydrogen (secondary N) is 2. The van der Waals surface area contributed by atoms with E-state index in [1.165, 1.54) is 12.1 Å². The van der Waals surface area contributed by atoms with Crippen molar-refractivity contribution in [2.75, 3.05) is 17.1 Å². The maximum absolute atomic E-state index is 12.6. The molecule has 0 aliphatic carbocycles. The first kappa shape index (κ1) is 22.1. The van der Waals surface area contributed by atoms with Gasteiger partial charge >= 0.3 is 0 Å². The molecule has 2 heterocycles. The van der Waals surface area contributed by atoms with Gasteiger partial charge in [0, 0.05) is 16.1 Å². The van der Waals surface area contributed by atoms with Crippen LogP contribution < -0.4 is 14.8 Å². The van der Waals surface area contributed by atoms with Gasteiger partial charge < -0.3 is 4.74 Å². The second-order valence-corrected chi connectivity index (χ2v) is 10.3. The molecule has 0 aliphatic rings. The summed E-state index contributed by atoms with van der Waals surface area (Å²) in [7, 11) is -2.50. The largest absolute Gasteiger partial charge is 0.497 e. The Morgan fingerprint density at radius 3 is 2.31 bits per heavy atom. The quantitative estimate of drug-likeness (QED) is 0.360. The van der Waals surface area contributed by atoms with Crippen molar-refractivity contribution in [2.45, 2.75) is 4.34 Å². The maximum atomic E-state index is 12.6. The van der Waals surface area contributed by atoms with Crippen LogP contribution in [0.1, 0.15) is 10.4 Å². The van der Waals surface area contributed by atoms with E-state index in [2.05, 4.69) is 30.4 Å². The van der Waals surface area contributed by atoms with Gasteiger partial charge in [0.25, 0.3) is 20.3 Å².